The van der Waals surface area contributed by atoms with Crippen molar-refractivity contribution in [3.63, 3.8) is 0 Å². The average Bonchev–Trinajstić information content (AvgIpc) is 3.19. The molecular weight excluding hydrogens is 388 g/mol. The minimum atomic E-state index is 0.728. The fraction of sp³-hybridized carbons (Fsp3) is 0. The third-order valence-electron chi connectivity index (χ3n) is 6.19. The lowest BCUT2D eigenvalue weighted by molar-refractivity contribution is 1.32. The molecule has 30 heavy (non-hydrogen) atoms. The minimum absolute atomic E-state index is 0.728. The van der Waals surface area contributed by atoms with Gasteiger partial charge < -0.3 is 0 Å². The van der Waals surface area contributed by atoms with Crippen molar-refractivity contribution >= 4 is 71.5 Å². The normalized spacial score (nSPS) is 12.2. The van der Waals surface area contributed by atoms with E-state index in [-0.39, 0.29) is 0 Å². The van der Waals surface area contributed by atoms with Gasteiger partial charge in [-0.2, -0.15) is 0 Å². The Morgan fingerprint density at radius 2 is 1.30 bits per heavy atom. The second-order valence-electron chi connectivity index (χ2n) is 7.80. The number of pyridine rings is 1. The molecule has 0 aliphatic rings. The SMILES string of the molecule is Clc1ccc2c3ccc4ccccc4c3c3nc4c5ccccc5ccc4n3c2c1. The van der Waals surface area contributed by atoms with Crippen LogP contribution < -0.4 is 0 Å². The molecule has 7 aromatic rings. The van der Waals surface area contributed by atoms with E-state index in [0.29, 0.717) is 0 Å². The summed E-state index contributed by atoms with van der Waals surface area (Å²) in [5.74, 6) is 0. The van der Waals surface area contributed by atoms with Gasteiger partial charge in [0.2, 0.25) is 0 Å². The summed E-state index contributed by atoms with van der Waals surface area (Å²) in [6.07, 6.45) is 0. The fourth-order valence-electron chi connectivity index (χ4n) is 4.88. The number of hydrogen-bond acceptors (Lipinski definition) is 1. The van der Waals surface area contributed by atoms with E-state index < -0.39 is 0 Å². The van der Waals surface area contributed by atoms with Crippen LogP contribution in [0.3, 0.4) is 0 Å². The van der Waals surface area contributed by atoms with Crippen LogP contribution in [-0.2, 0) is 0 Å². The molecule has 0 N–H and O–H groups in total. The molecule has 2 heterocycles. The summed E-state index contributed by atoms with van der Waals surface area (Å²) in [6.45, 7) is 0. The molecule has 140 valence electrons. The number of halogens is 1. The van der Waals surface area contributed by atoms with Crippen LogP contribution in [0.5, 0.6) is 0 Å². The Kier molecular flexibility index (Phi) is 3.09. The van der Waals surface area contributed by atoms with Crippen LogP contribution in [0.15, 0.2) is 91.0 Å². The van der Waals surface area contributed by atoms with Crippen molar-refractivity contribution in [3.05, 3.63) is 96.0 Å². The second-order valence-corrected chi connectivity index (χ2v) is 8.23. The van der Waals surface area contributed by atoms with Gasteiger partial charge in [-0.1, -0.05) is 84.4 Å². The lowest BCUT2D eigenvalue weighted by Crippen LogP contribution is -1.92. The highest BCUT2D eigenvalue weighted by Gasteiger charge is 2.17. The van der Waals surface area contributed by atoms with Crippen molar-refractivity contribution in [2.45, 2.75) is 0 Å². The third-order valence-corrected chi connectivity index (χ3v) is 6.43. The van der Waals surface area contributed by atoms with Gasteiger partial charge in [0.1, 0.15) is 5.65 Å². The molecule has 0 saturated heterocycles. The lowest BCUT2D eigenvalue weighted by atomic mass is 9.99. The smallest absolute Gasteiger partial charge is 0.147 e. The van der Waals surface area contributed by atoms with Gasteiger partial charge in [0.15, 0.2) is 0 Å². The number of benzene rings is 5. The molecule has 2 aromatic heterocycles. The first kappa shape index (κ1) is 16.2. The van der Waals surface area contributed by atoms with E-state index in [2.05, 4.69) is 89.3 Å². The van der Waals surface area contributed by atoms with Gasteiger partial charge in [0, 0.05) is 21.2 Å². The largest absolute Gasteiger partial charge is 0.292 e. The maximum Gasteiger partial charge on any atom is 0.147 e. The zero-order valence-electron chi connectivity index (χ0n) is 15.9. The maximum atomic E-state index is 6.44. The van der Waals surface area contributed by atoms with E-state index in [1.807, 2.05) is 6.07 Å². The Balaban J connectivity index is 1.88. The van der Waals surface area contributed by atoms with E-state index in [1.54, 1.807) is 0 Å². The van der Waals surface area contributed by atoms with Gasteiger partial charge in [-0.3, -0.25) is 4.40 Å². The van der Waals surface area contributed by atoms with E-state index in [1.165, 1.54) is 37.7 Å². The van der Waals surface area contributed by atoms with E-state index in [9.17, 15) is 0 Å². The molecule has 0 radical (unpaired) electrons. The van der Waals surface area contributed by atoms with Crippen LogP contribution in [-0.4, -0.2) is 9.38 Å². The van der Waals surface area contributed by atoms with Gasteiger partial charge in [0.25, 0.3) is 0 Å². The highest BCUT2D eigenvalue weighted by Crippen LogP contribution is 2.38. The first-order chi connectivity index (χ1) is 14.8. The molecule has 0 spiro atoms. The minimum Gasteiger partial charge on any atom is -0.292 e. The van der Waals surface area contributed by atoms with Gasteiger partial charge >= 0.3 is 0 Å². The van der Waals surface area contributed by atoms with Crippen molar-refractivity contribution in [1.29, 1.82) is 0 Å². The Labute approximate surface area is 176 Å². The average molecular weight is 403 g/mol. The van der Waals surface area contributed by atoms with Gasteiger partial charge in [-0.05, 0) is 39.7 Å². The number of rotatable bonds is 0. The molecule has 0 fully saturated rings. The zero-order chi connectivity index (χ0) is 19.8. The standard InChI is InChI=1S/C27H15ClN2/c28-18-11-13-21-22-12-9-16-5-1-3-7-19(16)25(22)27-29-26-20-8-4-2-6-17(20)10-14-23(26)30(27)24(21)15-18/h1-15H. The molecule has 0 saturated carbocycles. The summed E-state index contributed by atoms with van der Waals surface area (Å²) in [5, 5.41) is 9.10. The van der Waals surface area contributed by atoms with Gasteiger partial charge in [0.05, 0.1) is 16.6 Å². The number of fused-ring (bicyclic) bond motifs is 12. The quantitative estimate of drug-likeness (QED) is 0.237. The molecule has 0 aliphatic heterocycles. The Morgan fingerprint density at radius 3 is 2.17 bits per heavy atom. The second kappa shape index (κ2) is 5.71. The summed E-state index contributed by atoms with van der Waals surface area (Å²) >= 11 is 6.44. The maximum absolute atomic E-state index is 6.44. The van der Waals surface area contributed by atoms with Crippen molar-refractivity contribution in [1.82, 2.24) is 9.38 Å². The Hall–Kier alpha value is -3.62. The third kappa shape index (κ3) is 2.01. The molecule has 2 nitrogen and oxygen atoms in total. The zero-order valence-corrected chi connectivity index (χ0v) is 16.7. The van der Waals surface area contributed by atoms with Gasteiger partial charge in [-0.15, -0.1) is 0 Å². The molecule has 0 atom stereocenters. The summed E-state index contributed by atoms with van der Waals surface area (Å²) in [7, 11) is 0. The summed E-state index contributed by atoms with van der Waals surface area (Å²) in [4.78, 5) is 5.22. The highest BCUT2D eigenvalue weighted by atomic mass is 35.5. The Bertz CT molecular complexity index is 1810. The lowest BCUT2D eigenvalue weighted by Gasteiger charge is -2.11. The van der Waals surface area contributed by atoms with Crippen molar-refractivity contribution in [3.8, 4) is 0 Å². The first-order valence-corrected chi connectivity index (χ1v) is 10.4. The van der Waals surface area contributed by atoms with E-state index in [0.717, 1.165) is 27.2 Å². The molecule has 0 aliphatic carbocycles. The molecule has 0 amide bonds. The van der Waals surface area contributed by atoms with Crippen molar-refractivity contribution in [2.75, 3.05) is 0 Å². The monoisotopic (exact) mass is 402 g/mol. The number of nitrogens with zero attached hydrogens (tertiary/aromatic N) is 2. The van der Waals surface area contributed by atoms with Crippen LogP contribution in [0.25, 0.3) is 59.9 Å². The molecule has 5 aromatic carbocycles. The molecular formula is C27H15ClN2. The van der Waals surface area contributed by atoms with Crippen LogP contribution in [0.4, 0.5) is 0 Å². The van der Waals surface area contributed by atoms with Crippen LogP contribution in [0.1, 0.15) is 0 Å². The van der Waals surface area contributed by atoms with E-state index >= 15 is 0 Å². The van der Waals surface area contributed by atoms with Crippen LogP contribution in [0, 0.1) is 0 Å². The predicted octanol–water partition coefficient (Wildman–Crippen LogP) is 7.75. The Morgan fingerprint density at radius 1 is 0.600 bits per heavy atom. The van der Waals surface area contributed by atoms with Crippen LogP contribution in [0.2, 0.25) is 5.02 Å². The van der Waals surface area contributed by atoms with Crippen molar-refractivity contribution < 1.29 is 0 Å². The number of aromatic nitrogens is 2. The number of hydrogen-bond donors (Lipinski definition) is 0. The predicted molar refractivity (Wildman–Crippen MR) is 128 cm³/mol. The van der Waals surface area contributed by atoms with Gasteiger partial charge in [-0.25, -0.2) is 4.98 Å². The highest BCUT2D eigenvalue weighted by molar-refractivity contribution is 6.32. The first-order valence-electron chi connectivity index (χ1n) is 10.0. The fourth-order valence-corrected chi connectivity index (χ4v) is 5.04. The number of imidazole rings is 1. The van der Waals surface area contributed by atoms with Crippen molar-refractivity contribution in [2.24, 2.45) is 0 Å². The summed E-state index contributed by atoms with van der Waals surface area (Å²) < 4.78 is 2.28. The van der Waals surface area contributed by atoms with E-state index in [4.69, 9.17) is 16.6 Å². The molecule has 7 rings (SSSR count). The topological polar surface area (TPSA) is 17.3 Å². The summed E-state index contributed by atoms with van der Waals surface area (Å²) in [6, 6.07) is 31.9. The van der Waals surface area contributed by atoms with Crippen LogP contribution >= 0.6 is 11.6 Å². The molecule has 0 bridgehead atoms. The molecule has 3 heteroatoms. The summed E-state index contributed by atoms with van der Waals surface area (Å²) in [5.41, 5.74) is 4.18. The molecule has 0 unspecified atom stereocenters.